The van der Waals surface area contributed by atoms with Crippen LogP contribution in [0.3, 0.4) is 0 Å². The molecule has 0 fully saturated rings. The summed E-state index contributed by atoms with van der Waals surface area (Å²) in [6.07, 6.45) is 0. The van der Waals surface area contributed by atoms with E-state index in [1.807, 2.05) is 0 Å². The van der Waals surface area contributed by atoms with Gasteiger partial charge in [-0.05, 0) is 0 Å². The zero-order valence-corrected chi connectivity index (χ0v) is 5.04. The van der Waals surface area contributed by atoms with Gasteiger partial charge in [0.05, 0.1) is 0 Å². The third-order valence-electron chi connectivity index (χ3n) is 0. The van der Waals surface area contributed by atoms with Gasteiger partial charge in [0.25, 0.3) is 0 Å². The Morgan fingerprint density at radius 2 is 1.33 bits per heavy atom. The van der Waals surface area contributed by atoms with Crippen molar-refractivity contribution in [2.45, 2.75) is 0 Å². The Labute approximate surface area is 50.8 Å². The van der Waals surface area contributed by atoms with Crippen LogP contribution in [0.2, 0.25) is 0 Å². The minimum absolute atomic E-state index is 0. The Bertz CT molecular complexity index is 57.8. The molecule has 0 aromatic carbocycles. The maximum Gasteiger partial charge on any atom is 2.00 e. The van der Waals surface area contributed by atoms with Crippen LogP contribution in [-0.2, 0) is 26.3 Å². The van der Waals surface area contributed by atoms with E-state index in [-0.39, 0.29) is 23.1 Å². The summed E-state index contributed by atoms with van der Waals surface area (Å²) in [6, 6.07) is 0. The van der Waals surface area contributed by atoms with Crippen molar-refractivity contribution in [3.63, 3.8) is 0 Å². The van der Waals surface area contributed by atoms with E-state index in [1.165, 1.54) is 0 Å². The van der Waals surface area contributed by atoms with Crippen molar-refractivity contribution in [2.24, 2.45) is 0 Å². The molecule has 0 radical (unpaired) electrons. The van der Waals surface area contributed by atoms with E-state index in [1.54, 1.807) is 0 Å². The molecule has 0 aliphatic carbocycles. The molecular weight excluding hydrogens is 143 g/mol. The van der Waals surface area contributed by atoms with Crippen molar-refractivity contribution >= 4 is 7.82 Å². The fraction of sp³-hybridized carbons (Fsp3) is 0. The van der Waals surface area contributed by atoms with Gasteiger partial charge in [-0.15, -0.1) is 0 Å². The Hall–Kier alpha value is 0.824. The first-order valence-electron chi connectivity index (χ1n) is 0.730. The monoisotopic (exact) mass is 144 g/mol. The van der Waals surface area contributed by atoms with Crippen LogP contribution in [0.4, 0.5) is 0 Å². The van der Waals surface area contributed by atoms with E-state index in [2.05, 4.69) is 0 Å². The average molecular weight is 144 g/mol. The third kappa shape index (κ3) is 104. The Morgan fingerprint density at radius 3 is 1.33 bits per heavy atom. The van der Waals surface area contributed by atoms with Gasteiger partial charge in [0.1, 0.15) is 0 Å². The molecule has 6 heavy (non-hydrogen) atoms. The molecule has 0 rings (SSSR count). The third-order valence-corrected chi connectivity index (χ3v) is 0. The molecule has 0 amide bonds. The maximum absolute atomic E-state index is 8.55. The fourth-order valence-electron chi connectivity index (χ4n) is 0. The molecule has 0 N–H and O–H groups in total. The molecule has 0 unspecified atom stereocenters. The average Bonchev–Trinajstić information content (AvgIpc) is 0.722. The first-order chi connectivity index (χ1) is 2.00. The minimum atomic E-state index is -5.39. The van der Waals surface area contributed by atoms with Crippen LogP contribution in [0.1, 0.15) is 1.43 Å². The zero-order valence-electron chi connectivity index (χ0n) is 3.58. The molecule has 0 spiro atoms. The Kier molecular flexibility index (Phi) is 4.83. The van der Waals surface area contributed by atoms with Gasteiger partial charge in [-0.2, -0.15) is 7.82 Å². The van der Waals surface area contributed by atoms with Crippen LogP contribution < -0.4 is 14.7 Å². The van der Waals surface area contributed by atoms with Crippen molar-refractivity contribution in [3.05, 3.63) is 0 Å². The second-order valence-corrected chi connectivity index (χ2v) is 1.34. The first-order valence-corrected chi connectivity index (χ1v) is 2.19. The van der Waals surface area contributed by atoms with Gasteiger partial charge in [-0.3, -0.25) is 0 Å². The summed E-state index contributed by atoms with van der Waals surface area (Å²) in [5.74, 6) is 0. The number of phosphoric acid groups is 1. The molecule has 0 aliphatic heterocycles. The van der Waals surface area contributed by atoms with Crippen LogP contribution in [-0.4, -0.2) is 0 Å². The zero-order chi connectivity index (χ0) is 4.50. The fourth-order valence-corrected chi connectivity index (χ4v) is 0. The standard InChI is InChI=1S/H3O4P.Ti/c1-5(2,3)4;/h(H3,1,2,3,4);/q;+2/p-2. The van der Waals surface area contributed by atoms with E-state index in [0.717, 1.165) is 0 Å². The van der Waals surface area contributed by atoms with E-state index >= 15 is 0 Å². The van der Waals surface area contributed by atoms with Gasteiger partial charge in [-0.25, -0.2) is 0 Å². The van der Waals surface area contributed by atoms with Gasteiger partial charge in [-0.1, -0.05) is 0 Å². The molecule has 0 saturated carbocycles. The second kappa shape index (κ2) is 2.91. The van der Waals surface area contributed by atoms with Gasteiger partial charge in [0.2, 0.25) is 0 Å². The summed E-state index contributed by atoms with van der Waals surface area (Å²) in [6.45, 7) is 0. The summed E-state index contributed by atoms with van der Waals surface area (Å²) in [4.78, 5) is 25.6. The van der Waals surface area contributed by atoms with Crippen LogP contribution in [0.5, 0.6) is 0 Å². The largest absolute Gasteiger partial charge is 2.00 e. The van der Waals surface area contributed by atoms with E-state index in [0.29, 0.717) is 0 Å². The van der Waals surface area contributed by atoms with Gasteiger partial charge < -0.3 is 19.2 Å². The predicted molar refractivity (Wildman–Crippen MR) is 8.72 cm³/mol. The maximum atomic E-state index is 8.55. The molecule has 0 saturated heterocycles. The van der Waals surface area contributed by atoms with Crippen molar-refractivity contribution in [1.29, 1.82) is 0 Å². The topological polar surface area (TPSA) is 86.2 Å². The van der Waals surface area contributed by atoms with Crippen LogP contribution >= 0.6 is 7.82 Å². The first kappa shape index (κ1) is 9.95. The van der Waals surface area contributed by atoms with Crippen molar-refractivity contribution < 1.29 is 42.4 Å². The Morgan fingerprint density at radius 1 is 1.33 bits per heavy atom. The van der Waals surface area contributed by atoms with Gasteiger partial charge in [0, 0.05) is 0 Å². The number of rotatable bonds is 0. The summed E-state index contributed by atoms with van der Waals surface area (Å²) in [5, 5.41) is 0. The molecule has 0 aliphatic rings. The quantitative estimate of drug-likeness (QED) is 0.273. The summed E-state index contributed by atoms with van der Waals surface area (Å²) >= 11 is 0. The van der Waals surface area contributed by atoms with Crippen molar-refractivity contribution in [2.75, 3.05) is 0 Å². The molecule has 0 aromatic heterocycles. The predicted octanol–water partition coefficient (Wildman–Crippen LogP) is -2.71. The second-order valence-electron chi connectivity index (χ2n) is 0.447. The van der Waals surface area contributed by atoms with Gasteiger partial charge >= 0.3 is 23.1 Å². The van der Waals surface area contributed by atoms with Crippen LogP contribution in [0.15, 0.2) is 0 Å². The van der Waals surface area contributed by atoms with Crippen molar-refractivity contribution in [1.82, 2.24) is 0 Å². The molecule has 0 bridgehead atoms. The molecule has 4 nitrogen and oxygen atoms in total. The smallest absolute Gasteiger partial charge is 0.822 e. The molecule has 6 heteroatoms. The van der Waals surface area contributed by atoms with Crippen molar-refractivity contribution in [3.8, 4) is 0 Å². The van der Waals surface area contributed by atoms with E-state index < -0.39 is 7.82 Å². The summed E-state index contributed by atoms with van der Waals surface area (Å²) in [5.41, 5.74) is 0. The molecule has 0 atom stereocenters. The number of hydrogen-bond acceptors (Lipinski definition) is 4. The molecular formula is HO4PTi. The molecule has 0 aromatic rings. The summed E-state index contributed by atoms with van der Waals surface area (Å²) in [7, 11) is -5.39. The van der Waals surface area contributed by atoms with Crippen LogP contribution in [0, 0.1) is 0 Å². The molecule has 34 valence electrons. The van der Waals surface area contributed by atoms with E-state index in [4.69, 9.17) is 19.2 Å². The summed E-state index contributed by atoms with van der Waals surface area (Å²) < 4.78 is 8.55. The van der Waals surface area contributed by atoms with E-state index in [9.17, 15) is 0 Å². The van der Waals surface area contributed by atoms with Crippen LogP contribution in [0.25, 0.3) is 0 Å². The Balaban J connectivity index is -0.0000000800. The number of hydrogen-bond donors (Lipinski definition) is 0. The van der Waals surface area contributed by atoms with Gasteiger partial charge in [0.15, 0.2) is 0 Å². The SMILES string of the molecule is O=P([O-])([O-])[O-].[H+].[Ti+2]. The molecule has 0 heterocycles. The normalized spacial score (nSPS) is 9.83. The minimum Gasteiger partial charge on any atom is -0.822 e.